The van der Waals surface area contributed by atoms with Crippen molar-refractivity contribution in [1.29, 1.82) is 0 Å². The molecule has 0 spiro atoms. The quantitative estimate of drug-likeness (QED) is 0.0346. The molecule has 0 fully saturated rings. The summed E-state index contributed by atoms with van der Waals surface area (Å²) < 4.78 is 1.97. The van der Waals surface area contributed by atoms with Crippen LogP contribution in [-0.4, -0.2) is 39.8 Å². The smallest absolute Gasteiger partial charge is 0.263 e. The van der Waals surface area contributed by atoms with E-state index in [1.54, 1.807) is 22.7 Å². The zero-order chi connectivity index (χ0) is 58.6. The predicted octanol–water partition coefficient (Wildman–Crippen LogP) is 21.0. The number of aromatic nitrogens is 2. The highest BCUT2D eigenvalue weighted by molar-refractivity contribution is 7.27. The van der Waals surface area contributed by atoms with Crippen LogP contribution in [0.3, 0.4) is 0 Å². The van der Waals surface area contributed by atoms with E-state index in [0.29, 0.717) is 52.8 Å². The van der Waals surface area contributed by atoms with E-state index in [-0.39, 0.29) is 17.2 Å². The average molecular weight is 1190 g/mol. The molecule has 7 rings (SSSR count). The van der Waals surface area contributed by atoms with E-state index in [2.05, 4.69) is 145 Å². The maximum absolute atomic E-state index is 14.9. The van der Waals surface area contributed by atoms with E-state index in [0.717, 1.165) is 139 Å². The lowest BCUT2D eigenvalue weighted by Gasteiger charge is -2.27. The molecule has 0 bridgehead atoms. The minimum Gasteiger partial charge on any atom is -0.330 e. The molecule has 0 aliphatic carbocycles. The average Bonchev–Trinajstić information content (AvgIpc) is 4.37. The fourth-order valence-corrected chi connectivity index (χ4v) is 17.5. The highest BCUT2D eigenvalue weighted by atomic mass is 32.1. The summed E-state index contributed by atoms with van der Waals surface area (Å²) in [7, 11) is 0. The highest BCUT2D eigenvalue weighted by Crippen LogP contribution is 2.47. The maximum Gasteiger partial charge on any atom is 0.263 e. The Labute approximate surface area is 509 Å². The molecule has 4 unspecified atom stereocenters. The van der Waals surface area contributed by atoms with Crippen molar-refractivity contribution in [2.45, 2.75) is 231 Å². The SMILES string of the molecule is CCCC(C)(C#Cc1c2nc(-c3ccc(CCC(C)CCCC(C)C)s3)sc2c(C#Cc2sc(C(C)(CN)CCC)c3c2C(=O)N(CCC(C)CCCC(C)C)C3=O)c2nc(-c3ccc(CCC(C)CCCC(C)C)s3)sc12)CCC. The Morgan fingerprint density at radius 3 is 1.46 bits per heavy atom. The number of aryl methyl sites for hydroxylation is 2. The fraction of sp³-hybridized carbons (Fsp3) is 0.629. The van der Waals surface area contributed by atoms with Crippen LogP contribution in [-0.2, 0) is 18.3 Å². The first-order chi connectivity index (χ1) is 38.7. The number of nitrogens with zero attached hydrogens (tertiary/aromatic N) is 3. The second-order valence-corrected chi connectivity index (χ2v) is 31.5. The van der Waals surface area contributed by atoms with Gasteiger partial charge in [-0.05, 0) is 124 Å². The number of amides is 2. The van der Waals surface area contributed by atoms with Crippen molar-refractivity contribution < 1.29 is 9.59 Å². The summed E-state index contributed by atoms with van der Waals surface area (Å²) in [5, 5.41) is 1.93. The van der Waals surface area contributed by atoms with E-state index >= 15 is 0 Å². The van der Waals surface area contributed by atoms with Crippen LogP contribution in [0.2, 0.25) is 0 Å². The summed E-state index contributed by atoms with van der Waals surface area (Å²) in [5.41, 5.74) is 10.4. The minimum absolute atomic E-state index is 0.146. The summed E-state index contributed by atoms with van der Waals surface area (Å²) in [5.74, 6) is 18.6. The van der Waals surface area contributed by atoms with Crippen molar-refractivity contribution in [2.24, 2.45) is 46.7 Å². The number of nitrogens with two attached hydrogens (primary N) is 1. The van der Waals surface area contributed by atoms with Gasteiger partial charge in [-0.2, -0.15) is 0 Å². The molecular weight excluding hydrogens is 1090 g/mol. The lowest BCUT2D eigenvalue weighted by atomic mass is 9.82. The van der Waals surface area contributed by atoms with Gasteiger partial charge in [-0.25, -0.2) is 9.97 Å². The van der Waals surface area contributed by atoms with Crippen molar-refractivity contribution in [1.82, 2.24) is 14.9 Å². The second kappa shape index (κ2) is 29.9. The number of hydrogen-bond donors (Lipinski definition) is 1. The molecule has 1 aromatic carbocycles. The number of benzene rings is 1. The van der Waals surface area contributed by atoms with Gasteiger partial charge in [0.15, 0.2) is 0 Å². The number of fused-ring (bicyclic) bond motifs is 3. The molecule has 5 aromatic heterocycles. The van der Waals surface area contributed by atoms with Crippen LogP contribution in [0, 0.1) is 64.6 Å². The molecule has 440 valence electrons. The number of rotatable bonds is 31. The van der Waals surface area contributed by atoms with Crippen LogP contribution in [0.25, 0.3) is 40.2 Å². The van der Waals surface area contributed by atoms with Crippen molar-refractivity contribution in [3.05, 3.63) is 66.0 Å². The maximum atomic E-state index is 14.9. The summed E-state index contributed by atoms with van der Waals surface area (Å²) in [6.45, 7) is 32.8. The summed E-state index contributed by atoms with van der Waals surface area (Å²) in [4.78, 5) is 49.0. The molecule has 6 nitrogen and oxygen atoms in total. The highest BCUT2D eigenvalue weighted by Gasteiger charge is 2.45. The number of thiazole rings is 2. The number of hydrogen-bond acceptors (Lipinski definition) is 10. The molecule has 1 aliphatic rings. The van der Waals surface area contributed by atoms with E-state index < -0.39 is 5.41 Å². The Morgan fingerprint density at radius 2 is 1.00 bits per heavy atom. The van der Waals surface area contributed by atoms with Gasteiger partial charge in [0.25, 0.3) is 11.8 Å². The number of thiophene rings is 3. The molecule has 4 atom stereocenters. The topological polar surface area (TPSA) is 89.2 Å². The van der Waals surface area contributed by atoms with Crippen LogP contribution in [0.15, 0.2) is 24.3 Å². The summed E-state index contributed by atoms with van der Waals surface area (Å²) in [6, 6.07) is 9.14. The van der Waals surface area contributed by atoms with E-state index in [4.69, 9.17) is 15.7 Å². The van der Waals surface area contributed by atoms with Gasteiger partial charge in [0.2, 0.25) is 0 Å². The first-order valence-corrected chi connectivity index (χ1v) is 35.5. The molecular formula is C70H98N4O2S5. The molecule has 6 heterocycles. The summed E-state index contributed by atoms with van der Waals surface area (Å²) >= 11 is 8.62. The molecule has 6 aromatic rings. The zero-order valence-corrected chi connectivity index (χ0v) is 56.2. The molecule has 81 heavy (non-hydrogen) atoms. The Bertz CT molecular complexity index is 3050. The standard InChI is InChI=1S/C70H98N4O2S5/c1-15-39-69(13,40-16-2)42-37-54-61-62(80-66(73-61)57-35-32-52(78-57)30-28-49(11)25-19-22-46(6)7)53(60-63(54)81-65(72-60)56-34-31-51(77-56)29-27-48(10)24-18-21-45(4)5)33-36-55-58-59(64(79-55)70(14,44-71)41-17-3)68(76)74(67(58)75)43-38-50(12)26-20-23-47(8)9/h31-32,34-35,45-50H,15-30,38-41,43-44,71H2,1-14H3. The third-order valence-electron chi connectivity index (χ3n) is 17.0. The van der Waals surface area contributed by atoms with Crippen LogP contribution in [0.4, 0.5) is 0 Å². The zero-order valence-electron chi connectivity index (χ0n) is 52.1. The molecule has 0 saturated heterocycles. The van der Waals surface area contributed by atoms with Gasteiger partial charge in [0.1, 0.15) is 21.0 Å². The van der Waals surface area contributed by atoms with Gasteiger partial charge in [-0.3, -0.25) is 14.5 Å². The number of carbonyl (C=O) groups is 2. The van der Waals surface area contributed by atoms with Crippen molar-refractivity contribution in [2.75, 3.05) is 13.1 Å². The Hall–Kier alpha value is -3.68. The largest absolute Gasteiger partial charge is 0.330 e. The van der Waals surface area contributed by atoms with Gasteiger partial charge in [-0.1, -0.05) is 185 Å². The van der Waals surface area contributed by atoms with Gasteiger partial charge >= 0.3 is 0 Å². The van der Waals surface area contributed by atoms with Crippen LogP contribution in [0.5, 0.6) is 0 Å². The summed E-state index contributed by atoms with van der Waals surface area (Å²) in [6.07, 6.45) is 22.2. The van der Waals surface area contributed by atoms with Crippen LogP contribution >= 0.6 is 56.7 Å². The molecule has 1 aliphatic heterocycles. The van der Waals surface area contributed by atoms with Gasteiger partial charge < -0.3 is 5.73 Å². The molecule has 0 saturated carbocycles. The number of carbonyl (C=O) groups excluding carboxylic acids is 2. The second-order valence-electron chi connectivity index (χ2n) is 26.2. The number of imide groups is 1. The lowest BCUT2D eigenvalue weighted by Crippen LogP contribution is -2.35. The Morgan fingerprint density at radius 1 is 0.543 bits per heavy atom. The van der Waals surface area contributed by atoms with E-state index in [1.807, 2.05) is 22.7 Å². The van der Waals surface area contributed by atoms with E-state index in [9.17, 15) is 9.59 Å². The van der Waals surface area contributed by atoms with Crippen molar-refractivity contribution in [3.63, 3.8) is 0 Å². The molecule has 2 N–H and O–H groups in total. The molecule has 0 radical (unpaired) electrons. The van der Waals surface area contributed by atoms with Gasteiger partial charge in [0, 0.05) is 38.6 Å². The molecule has 11 heteroatoms. The monoisotopic (exact) mass is 1190 g/mol. The lowest BCUT2D eigenvalue weighted by molar-refractivity contribution is 0.0644. The third-order valence-corrected chi connectivity index (χ3v) is 23.2. The Kier molecular flexibility index (Phi) is 24.0. The minimum atomic E-state index is -0.489. The van der Waals surface area contributed by atoms with Gasteiger partial charge in [-0.15, -0.1) is 56.7 Å². The predicted molar refractivity (Wildman–Crippen MR) is 356 cm³/mol. The van der Waals surface area contributed by atoms with E-state index in [1.165, 1.54) is 83.8 Å². The van der Waals surface area contributed by atoms with Crippen LogP contribution < -0.4 is 5.73 Å². The Balaban J connectivity index is 1.39. The fourth-order valence-electron chi connectivity index (χ4n) is 11.9. The normalized spacial score (nSPS) is 14.8. The van der Waals surface area contributed by atoms with Crippen LogP contribution in [0.1, 0.15) is 264 Å². The van der Waals surface area contributed by atoms with Crippen molar-refractivity contribution in [3.8, 4) is 43.5 Å². The third kappa shape index (κ3) is 16.6. The molecule has 2 amide bonds. The first kappa shape index (κ1) is 64.9. The van der Waals surface area contributed by atoms with Crippen molar-refractivity contribution >= 4 is 88.9 Å². The van der Waals surface area contributed by atoms with Gasteiger partial charge in [0.05, 0.1) is 46.3 Å². The first-order valence-electron chi connectivity index (χ1n) is 31.5.